The van der Waals surface area contributed by atoms with Gasteiger partial charge >= 0.3 is 0 Å². The van der Waals surface area contributed by atoms with Gasteiger partial charge < -0.3 is 19.9 Å². The van der Waals surface area contributed by atoms with E-state index in [-0.39, 0.29) is 11.4 Å². The molecule has 1 saturated heterocycles. The van der Waals surface area contributed by atoms with Crippen molar-refractivity contribution >= 4 is 23.2 Å². The minimum Gasteiger partial charge on any atom is -0.506 e. The topological polar surface area (TPSA) is 67.8 Å². The van der Waals surface area contributed by atoms with E-state index in [0.29, 0.717) is 23.8 Å². The molecule has 6 heteroatoms. The highest BCUT2D eigenvalue weighted by Gasteiger charge is 2.19. The standard InChI is InChI=1S/C17H16ClNO4/c18-13-5-2-1-4-12(13)16(21)19-14-10-11(6-7-15(14)20)17-22-8-3-9-23-17/h1-2,4-7,10,17,20H,3,8-9H2,(H,19,21). The fourth-order valence-corrected chi connectivity index (χ4v) is 2.54. The molecule has 0 atom stereocenters. The van der Waals surface area contributed by atoms with E-state index in [9.17, 15) is 9.90 Å². The number of carbonyl (C=O) groups is 1. The number of carbonyl (C=O) groups excluding carboxylic acids is 1. The van der Waals surface area contributed by atoms with E-state index in [0.717, 1.165) is 12.0 Å². The predicted molar refractivity (Wildman–Crippen MR) is 86.8 cm³/mol. The molecule has 0 spiro atoms. The molecule has 1 amide bonds. The van der Waals surface area contributed by atoms with E-state index < -0.39 is 12.2 Å². The number of phenolic OH excluding ortho intramolecular Hbond substituents is 1. The number of hydrogen-bond acceptors (Lipinski definition) is 4. The summed E-state index contributed by atoms with van der Waals surface area (Å²) in [6.07, 6.45) is 0.366. The lowest BCUT2D eigenvalue weighted by molar-refractivity contribution is -0.183. The molecule has 0 aliphatic carbocycles. The Labute approximate surface area is 138 Å². The van der Waals surface area contributed by atoms with E-state index in [1.807, 2.05) is 0 Å². The Morgan fingerprint density at radius 2 is 1.91 bits per heavy atom. The lowest BCUT2D eigenvalue weighted by Crippen LogP contribution is -2.18. The zero-order chi connectivity index (χ0) is 16.2. The highest BCUT2D eigenvalue weighted by molar-refractivity contribution is 6.34. The maximum absolute atomic E-state index is 12.3. The van der Waals surface area contributed by atoms with Gasteiger partial charge in [-0.15, -0.1) is 0 Å². The second-order valence-corrected chi connectivity index (χ2v) is 5.54. The summed E-state index contributed by atoms with van der Waals surface area (Å²) in [5.74, 6) is -0.432. The number of ether oxygens (including phenoxy) is 2. The third kappa shape index (κ3) is 3.64. The zero-order valence-corrected chi connectivity index (χ0v) is 13.0. The molecule has 23 heavy (non-hydrogen) atoms. The monoisotopic (exact) mass is 333 g/mol. The van der Waals surface area contributed by atoms with Crippen molar-refractivity contribution < 1.29 is 19.4 Å². The molecule has 2 aromatic carbocycles. The minimum absolute atomic E-state index is 0.0371. The van der Waals surface area contributed by atoms with Crippen LogP contribution in [0.5, 0.6) is 5.75 Å². The first-order valence-corrected chi connectivity index (χ1v) is 7.65. The van der Waals surface area contributed by atoms with Crippen molar-refractivity contribution in [1.82, 2.24) is 0 Å². The summed E-state index contributed by atoms with van der Waals surface area (Å²) in [5, 5.41) is 13.0. The van der Waals surface area contributed by atoms with Gasteiger partial charge in [-0.1, -0.05) is 29.8 Å². The molecule has 5 nitrogen and oxygen atoms in total. The normalized spacial score (nSPS) is 15.3. The van der Waals surface area contributed by atoms with Gasteiger partial charge in [-0.05, 0) is 30.7 Å². The van der Waals surface area contributed by atoms with Crippen LogP contribution in [0.2, 0.25) is 5.02 Å². The quantitative estimate of drug-likeness (QED) is 0.840. The Morgan fingerprint density at radius 1 is 1.17 bits per heavy atom. The average Bonchev–Trinajstić information content (AvgIpc) is 2.58. The molecule has 2 N–H and O–H groups in total. The van der Waals surface area contributed by atoms with Crippen LogP contribution in [-0.4, -0.2) is 24.2 Å². The molecule has 1 aliphatic rings. The Hall–Kier alpha value is -2.08. The summed E-state index contributed by atoms with van der Waals surface area (Å²) >= 11 is 6.01. The Bertz CT molecular complexity index is 713. The molecule has 0 aromatic heterocycles. The first-order chi connectivity index (χ1) is 11.1. The van der Waals surface area contributed by atoms with Crippen LogP contribution in [0.3, 0.4) is 0 Å². The van der Waals surface area contributed by atoms with E-state index in [1.54, 1.807) is 36.4 Å². The molecule has 0 radical (unpaired) electrons. The number of nitrogens with one attached hydrogen (secondary N) is 1. The number of benzene rings is 2. The average molecular weight is 334 g/mol. The largest absolute Gasteiger partial charge is 0.506 e. The fourth-order valence-electron chi connectivity index (χ4n) is 2.32. The maximum atomic E-state index is 12.3. The lowest BCUT2D eigenvalue weighted by atomic mass is 10.1. The van der Waals surface area contributed by atoms with Crippen molar-refractivity contribution in [1.29, 1.82) is 0 Å². The molecule has 1 heterocycles. The Balaban J connectivity index is 1.82. The van der Waals surface area contributed by atoms with Gasteiger partial charge in [-0.3, -0.25) is 4.79 Å². The summed E-state index contributed by atoms with van der Waals surface area (Å²) in [6.45, 7) is 1.24. The predicted octanol–water partition coefficient (Wildman–Crippen LogP) is 3.73. The summed E-state index contributed by atoms with van der Waals surface area (Å²) in [7, 11) is 0. The number of amides is 1. The summed E-state index contributed by atoms with van der Waals surface area (Å²) in [6, 6.07) is 11.6. The van der Waals surface area contributed by atoms with Crippen LogP contribution in [0.15, 0.2) is 42.5 Å². The molecular formula is C17H16ClNO4. The van der Waals surface area contributed by atoms with Crippen molar-refractivity contribution in [3.05, 3.63) is 58.6 Å². The van der Waals surface area contributed by atoms with Crippen molar-refractivity contribution in [2.24, 2.45) is 0 Å². The van der Waals surface area contributed by atoms with Crippen LogP contribution in [0, 0.1) is 0 Å². The Kier molecular flexibility index (Phi) is 4.81. The van der Waals surface area contributed by atoms with Crippen molar-refractivity contribution in [3.8, 4) is 5.75 Å². The molecule has 0 bridgehead atoms. The van der Waals surface area contributed by atoms with Gasteiger partial charge in [0.05, 0.1) is 29.5 Å². The van der Waals surface area contributed by atoms with Gasteiger partial charge in [0.2, 0.25) is 0 Å². The third-order valence-corrected chi connectivity index (χ3v) is 3.82. The Morgan fingerprint density at radius 3 is 2.65 bits per heavy atom. The molecule has 3 rings (SSSR count). The molecule has 0 saturated carbocycles. The maximum Gasteiger partial charge on any atom is 0.257 e. The van der Waals surface area contributed by atoms with Crippen molar-refractivity contribution in [3.63, 3.8) is 0 Å². The first kappa shape index (κ1) is 15.8. The van der Waals surface area contributed by atoms with E-state index in [1.165, 1.54) is 6.07 Å². The summed E-state index contributed by atoms with van der Waals surface area (Å²) < 4.78 is 11.1. The SMILES string of the molecule is O=C(Nc1cc(C2OCCCO2)ccc1O)c1ccccc1Cl. The minimum atomic E-state index is -0.486. The number of aromatic hydroxyl groups is 1. The van der Waals surface area contributed by atoms with E-state index >= 15 is 0 Å². The number of anilines is 1. The van der Waals surface area contributed by atoms with Gasteiger partial charge in [0.25, 0.3) is 5.91 Å². The highest BCUT2D eigenvalue weighted by atomic mass is 35.5. The molecule has 1 aliphatic heterocycles. The molecule has 1 fully saturated rings. The van der Waals surface area contributed by atoms with Gasteiger partial charge in [0, 0.05) is 5.56 Å². The van der Waals surface area contributed by atoms with Crippen LogP contribution in [-0.2, 0) is 9.47 Å². The molecule has 0 unspecified atom stereocenters. The van der Waals surface area contributed by atoms with Crippen LogP contribution in [0.25, 0.3) is 0 Å². The van der Waals surface area contributed by atoms with Crippen LogP contribution >= 0.6 is 11.6 Å². The number of rotatable bonds is 3. The smallest absolute Gasteiger partial charge is 0.257 e. The zero-order valence-electron chi connectivity index (χ0n) is 12.3. The van der Waals surface area contributed by atoms with Gasteiger partial charge in [-0.25, -0.2) is 0 Å². The molecule has 2 aromatic rings. The first-order valence-electron chi connectivity index (χ1n) is 7.27. The second-order valence-electron chi connectivity index (χ2n) is 5.14. The molecular weight excluding hydrogens is 318 g/mol. The fraction of sp³-hybridized carbons (Fsp3) is 0.235. The van der Waals surface area contributed by atoms with Crippen molar-refractivity contribution in [2.45, 2.75) is 12.7 Å². The lowest BCUT2D eigenvalue weighted by Gasteiger charge is -2.24. The van der Waals surface area contributed by atoms with Gasteiger partial charge in [0.1, 0.15) is 5.75 Å². The number of phenols is 1. The third-order valence-electron chi connectivity index (χ3n) is 3.49. The van der Waals surface area contributed by atoms with Crippen LogP contribution < -0.4 is 5.32 Å². The summed E-state index contributed by atoms with van der Waals surface area (Å²) in [5.41, 5.74) is 1.35. The van der Waals surface area contributed by atoms with Crippen LogP contribution in [0.4, 0.5) is 5.69 Å². The van der Waals surface area contributed by atoms with Gasteiger partial charge in [0.15, 0.2) is 6.29 Å². The van der Waals surface area contributed by atoms with Crippen LogP contribution in [0.1, 0.15) is 28.6 Å². The van der Waals surface area contributed by atoms with E-state index in [2.05, 4.69) is 5.32 Å². The van der Waals surface area contributed by atoms with Crippen molar-refractivity contribution in [2.75, 3.05) is 18.5 Å². The molecule has 120 valence electrons. The summed E-state index contributed by atoms with van der Waals surface area (Å²) in [4.78, 5) is 12.3. The number of halogens is 1. The number of hydrogen-bond donors (Lipinski definition) is 2. The second kappa shape index (κ2) is 7.00. The van der Waals surface area contributed by atoms with E-state index in [4.69, 9.17) is 21.1 Å². The van der Waals surface area contributed by atoms with Gasteiger partial charge in [-0.2, -0.15) is 0 Å². The highest BCUT2D eigenvalue weighted by Crippen LogP contribution is 2.31.